The molecule has 0 bridgehead atoms. The molecule has 1 amide bonds. The third-order valence-corrected chi connectivity index (χ3v) is 3.42. The number of amides is 1. The van der Waals surface area contributed by atoms with Crippen LogP contribution in [0.1, 0.15) is 29.0 Å². The highest BCUT2D eigenvalue weighted by atomic mass is 16.5. The van der Waals surface area contributed by atoms with Crippen LogP contribution in [0, 0.1) is 6.92 Å². The summed E-state index contributed by atoms with van der Waals surface area (Å²) in [5.74, 6) is 1.13. The van der Waals surface area contributed by atoms with Gasteiger partial charge in [-0.2, -0.15) is 0 Å². The first-order valence-electron chi connectivity index (χ1n) is 7.26. The number of pyridine rings is 1. The molecule has 3 rings (SSSR count). The van der Waals surface area contributed by atoms with Crippen molar-refractivity contribution < 1.29 is 14.1 Å². The van der Waals surface area contributed by atoms with Crippen molar-refractivity contribution in [1.29, 1.82) is 0 Å². The van der Waals surface area contributed by atoms with E-state index in [9.17, 15) is 4.79 Å². The Labute approximate surface area is 128 Å². The van der Waals surface area contributed by atoms with E-state index < -0.39 is 0 Å². The number of anilines is 2. The van der Waals surface area contributed by atoms with Gasteiger partial charge in [0.15, 0.2) is 5.82 Å². The zero-order chi connectivity index (χ0) is 15.4. The number of aryl methyl sites for hydroxylation is 1. The summed E-state index contributed by atoms with van der Waals surface area (Å²) in [6.07, 6.45) is 5.33. The van der Waals surface area contributed by atoms with Gasteiger partial charge in [-0.15, -0.1) is 0 Å². The first-order valence-corrected chi connectivity index (χ1v) is 7.26. The average molecular weight is 302 g/mol. The maximum absolute atomic E-state index is 12.1. The van der Waals surface area contributed by atoms with E-state index in [1.54, 1.807) is 18.3 Å². The SMILES string of the molecule is Cc1cc(Nc2cncc(C(=O)NCC3CCCO3)c2)no1. The molecule has 7 nitrogen and oxygen atoms in total. The Hall–Kier alpha value is -2.41. The van der Waals surface area contributed by atoms with Gasteiger partial charge in [-0.3, -0.25) is 9.78 Å². The van der Waals surface area contributed by atoms with Crippen LogP contribution < -0.4 is 10.6 Å². The fourth-order valence-corrected chi connectivity index (χ4v) is 2.32. The second kappa shape index (κ2) is 6.57. The van der Waals surface area contributed by atoms with Crippen LogP contribution in [0.25, 0.3) is 0 Å². The predicted octanol–water partition coefficient (Wildman–Crippen LogP) is 2.03. The van der Waals surface area contributed by atoms with E-state index in [0.29, 0.717) is 29.4 Å². The lowest BCUT2D eigenvalue weighted by Crippen LogP contribution is -2.31. The number of carbonyl (C=O) groups excluding carboxylic acids is 1. The summed E-state index contributed by atoms with van der Waals surface area (Å²) in [4.78, 5) is 16.2. The molecular formula is C15H18N4O3. The molecule has 1 atom stereocenters. The number of hydrogen-bond acceptors (Lipinski definition) is 6. The first-order chi connectivity index (χ1) is 10.7. The Morgan fingerprint density at radius 1 is 1.41 bits per heavy atom. The smallest absolute Gasteiger partial charge is 0.253 e. The first kappa shape index (κ1) is 14.5. The fourth-order valence-electron chi connectivity index (χ4n) is 2.32. The summed E-state index contributed by atoms with van der Waals surface area (Å²) in [6.45, 7) is 3.11. The van der Waals surface area contributed by atoms with E-state index in [0.717, 1.165) is 19.4 Å². The molecule has 2 aromatic heterocycles. The van der Waals surface area contributed by atoms with Gasteiger partial charge in [0.2, 0.25) is 0 Å². The van der Waals surface area contributed by atoms with Crippen LogP contribution in [0.4, 0.5) is 11.5 Å². The molecule has 1 fully saturated rings. The number of carbonyl (C=O) groups is 1. The maximum atomic E-state index is 12.1. The molecule has 1 unspecified atom stereocenters. The minimum atomic E-state index is -0.164. The minimum Gasteiger partial charge on any atom is -0.376 e. The predicted molar refractivity (Wildman–Crippen MR) is 80.1 cm³/mol. The van der Waals surface area contributed by atoms with E-state index in [-0.39, 0.29) is 12.0 Å². The van der Waals surface area contributed by atoms with Crippen LogP contribution in [-0.2, 0) is 4.74 Å². The molecular weight excluding hydrogens is 284 g/mol. The summed E-state index contributed by atoms with van der Waals surface area (Å²) in [5, 5.41) is 9.76. The Kier molecular flexibility index (Phi) is 4.34. The van der Waals surface area contributed by atoms with Crippen molar-refractivity contribution in [3.8, 4) is 0 Å². The molecule has 0 aliphatic carbocycles. The molecule has 0 aromatic carbocycles. The van der Waals surface area contributed by atoms with Crippen LogP contribution in [0.2, 0.25) is 0 Å². The second-order valence-corrected chi connectivity index (χ2v) is 5.26. The van der Waals surface area contributed by atoms with E-state index in [2.05, 4.69) is 20.8 Å². The standard InChI is InChI=1S/C15H18N4O3/c1-10-5-14(19-22-10)18-12-6-11(7-16-8-12)15(20)17-9-13-3-2-4-21-13/h5-8,13H,2-4,9H2,1H3,(H,17,20)(H,18,19). The second-order valence-electron chi connectivity index (χ2n) is 5.26. The van der Waals surface area contributed by atoms with Gasteiger partial charge >= 0.3 is 0 Å². The summed E-state index contributed by atoms with van der Waals surface area (Å²) in [6, 6.07) is 3.49. The molecule has 0 saturated carbocycles. The molecule has 0 spiro atoms. The molecule has 22 heavy (non-hydrogen) atoms. The lowest BCUT2D eigenvalue weighted by molar-refractivity contribution is 0.0857. The molecule has 2 aromatic rings. The highest BCUT2D eigenvalue weighted by Crippen LogP contribution is 2.16. The summed E-state index contributed by atoms with van der Waals surface area (Å²) >= 11 is 0. The molecule has 1 saturated heterocycles. The third-order valence-electron chi connectivity index (χ3n) is 3.42. The number of rotatable bonds is 5. The molecule has 7 heteroatoms. The monoisotopic (exact) mass is 302 g/mol. The Morgan fingerprint density at radius 3 is 3.05 bits per heavy atom. The summed E-state index contributed by atoms with van der Waals surface area (Å²) < 4.78 is 10.5. The Morgan fingerprint density at radius 2 is 2.32 bits per heavy atom. The van der Waals surface area contributed by atoms with Gasteiger partial charge < -0.3 is 19.9 Å². The van der Waals surface area contributed by atoms with Crippen molar-refractivity contribution in [2.24, 2.45) is 0 Å². The van der Waals surface area contributed by atoms with Gasteiger partial charge in [-0.1, -0.05) is 5.16 Å². The van der Waals surface area contributed by atoms with Crippen molar-refractivity contribution in [1.82, 2.24) is 15.5 Å². The molecule has 1 aliphatic rings. The van der Waals surface area contributed by atoms with Crippen LogP contribution in [0.5, 0.6) is 0 Å². The number of aromatic nitrogens is 2. The number of ether oxygens (including phenoxy) is 1. The third kappa shape index (κ3) is 3.62. The van der Waals surface area contributed by atoms with E-state index >= 15 is 0 Å². The lowest BCUT2D eigenvalue weighted by atomic mass is 10.2. The lowest BCUT2D eigenvalue weighted by Gasteiger charge is -2.11. The van der Waals surface area contributed by atoms with Gasteiger partial charge in [0.25, 0.3) is 5.91 Å². The molecule has 1 aliphatic heterocycles. The molecule has 3 heterocycles. The van der Waals surface area contributed by atoms with Crippen molar-refractivity contribution in [2.45, 2.75) is 25.9 Å². The van der Waals surface area contributed by atoms with Crippen molar-refractivity contribution >= 4 is 17.4 Å². The van der Waals surface area contributed by atoms with Crippen LogP contribution >= 0.6 is 0 Å². The Balaban J connectivity index is 1.61. The minimum absolute atomic E-state index is 0.122. The number of nitrogens with one attached hydrogen (secondary N) is 2. The van der Waals surface area contributed by atoms with Crippen LogP contribution in [0.15, 0.2) is 29.0 Å². The van der Waals surface area contributed by atoms with Crippen LogP contribution in [-0.4, -0.2) is 35.3 Å². The largest absolute Gasteiger partial charge is 0.376 e. The number of nitrogens with zero attached hydrogens (tertiary/aromatic N) is 2. The quantitative estimate of drug-likeness (QED) is 0.878. The highest BCUT2D eigenvalue weighted by Gasteiger charge is 2.17. The molecule has 116 valence electrons. The van der Waals surface area contributed by atoms with Gasteiger partial charge in [-0.05, 0) is 25.8 Å². The fraction of sp³-hybridized carbons (Fsp3) is 0.400. The number of hydrogen-bond donors (Lipinski definition) is 2. The van der Waals surface area contributed by atoms with E-state index in [4.69, 9.17) is 9.26 Å². The highest BCUT2D eigenvalue weighted by molar-refractivity contribution is 5.94. The topological polar surface area (TPSA) is 89.3 Å². The van der Waals surface area contributed by atoms with Crippen molar-refractivity contribution in [2.75, 3.05) is 18.5 Å². The van der Waals surface area contributed by atoms with E-state index in [1.807, 2.05) is 6.92 Å². The zero-order valence-corrected chi connectivity index (χ0v) is 12.3. The van der Waals surface area contributed by atoms with Gasteiger partial charge in [0.05, 0.1) is 23.6 Å². The molecule has 0 radical (unpaired) electrons. The van der Waals surface area contributed by atoms with Gasteiger partial charge in [-0.25, -0.2) is 0 Å². The normalized spacial score (nSPS) is 17.4. The average Bonchev–Trinajstić information content (AvgIpc) is 3.17. The maximum Gasteiger partial charge on any atom is 0.253 e. The summed E-state index contributed by atoms with van der Waals surface area (Å²) in [7, 11) is 0. The summed E-state index contributed by atoms with van der Waals surface area (Å²) in [5.41, 5.74) is 1.17. The van der Waals surface area contributed by atoms with Gasteiger partial charge in [0.1, 0.15) is 5.76 Å². The zero-order valence-electron chi connectivity index (χ0n) is 12.3. The van der Waals surface area contributed by atoms with Crippen molar-refractivity contribution in [3.63, 3.8) is 0 Å². The Bertz CT molecular complexity index is 650. The van der Waals surface area contributed by atoms with E-state index in [1.165, 1.54) is 6.20 Å². The van der Waals surface area contributed by atoms with Gasteiger partial charge in [0, 0.05) is 25.4 Å². The van der Waals surface area contributed by atoms with Crippen LogP contribution in [0.3, 0.4) is 0 Å². The molecule has 2 N–H and O–H groups in total. The van der Waals surface area contributed by atoms with Crippen molar-refractivity contribution in [3.05, 3.63) is 35.9 Å².